The molecule has 1 aromatic rings. The summed E-state index contributed by atoms with van der Waals surface area (Å²) in [4.78, 5) is 18.6. The number of rotatable bonds is 9. The minimum atomic E-state index is 0.144. The van der Waals surface area contributed by atoms with Crippen molar-refractivity contribution in [2.24, 2.45) is 0 Å². The number of aromatic amines is 1. The number of carbonyl (C=O) groups excluding carboxylic acids is 1. The van der Waals surface area contributed by atoms with Crippen LogP contribution in [0.4, 0.5) is 0 Å². The Bertz CT molecular complexity index is 301. The van der Waals surface area contributed by atoms with Gasteiger partial charge < -0.3 is 10.3 Å². The Balaban J connectivity index is 1.93. The monoisotopic (exact) mass is 255 g/mol. The number of unbranched alkanes of at least 4 members (excludes halogenated alkanes) is 1. The van der Waals surface area contributed by atoms with Gasteiger partial charge in [-0.25, -0.2) is 4.98 Å². The summed E-state index contributed by atoms with van der Waals surface area (Å²) >= 11 is 1.71. The summed E-state index contributed by atoms with van der Waals surface area (Å²) in [7, 11) is 0. The van der Waals surface area contributed by atoms with E-state index < -0.39 is 0 Å². The van der Waals surface area contributed by atoms with Crippen molar-refractivity contribution in [1.29, 1.82) is 0 Å². The average Bonchev–Trinajstić information content (AvgIpc) is 2.83. The van der Waals surface area contributed by atoms with Gasteiger partial charge in [-0.05, 0) is 18.6 Å². The molecular weight excluding hydrogens is 234 g/mol. The number of carbonyl (C=O) groups is 1. The van der Waals surface area contributed by atoms with Crippen LogP contribution in [-0.2, 0) is 11.2 Å². The number of aryl methyl sites for hydroxylation is 1. The molecule has 0 unspecified atom stereocenters. The highest BCUT2D eigenvalue weighted by Crippen LogP contribution is 2.03. The van der Waals surface area contributed by atoms with Gasteiger partial charge in [0.05, 0.1) is 5.75 Å². The predicted molar refractivity (Wildman–Crippen MR) is 72.2 cm³/mol. The molecule has 0 fully saturated rings. The lowest BCUT2D eigenvalue weighted by Gasteiger charge is -2.04. The van der Waals surface area contributed by atoms with Crippen LogP contribution < -0.4 is 5.32 Å². The predicted octanol–water partition coefficient (Wildman–Crippen LogP) is 1.99. The number of nitrogens with one attached hydrogen (secondary N) is 2. The van der Waals surface area contributed by atoms with Gasteiger partial charge in [-0.2, -0.15) is 11.8 Å². The second kappa shape index (κ2) is 9.10. The van der Waals surface area contributed by atoms with Crippen LogP contribution in [0.3, 0.4) is 0 Å². The first-order chi connectivity index (χ1) is 8.33. The number of amides is 1. The van der Waals surface area contributed by atoms with E-state index in [0.717, 1.165) is 31.0 Å². The van der Waals surface area contributed by atoms with Gasteiger partial charge in [-0.15, -0.1) is 0 Å². The van der Waals surface area contributed by atoms with Crippen molar-refractivity contribution in [3.8, 4) is 0 Å². The molecule has 17 heavy (non-hydrogen) atoms. The second-order valence-corrected chi connectivity index (χ2v) is 5.00. The van der Waals surface area contributed by atoms with Crippen molar-refractivity contribution in [3.05, 3.63) is 18.2 Å². The van der Waals surface area contributed by atoms with Crippen LogP contribution in [0.15, 0.2) is 12.4 Å². The van der Waals surface area contributed by atoms with Gasteiger partial charge in [0.2, 0.25) is 5.91 Å². The van der Waals surface area contributed by atoms with Crippen LogP contribution in [0.5, 0.6) is 0 Å². The Morgan fingerprint density at radius 1 is 1.53 bits per heavy atom. The minimum absolute atomic E-state index is 0.144. The first-order valence-electron chi connectivity index (χ1n) is 6.15. The van der Waals surface area contributed by atoms with E-state index in [1.165, 1.54) is 12.8 Å². The maximum Gasteiger partial charge on any atom is 0.229 e. The van der Waals surface area contributed by atoms with Gasteiger partial charge in [-0.3, -0.25) is 4.79 Å². The van der Waals surface area contributed by atoms with Gasteiger partial charge >= 0.3 is 0 Å². The molecule has 0 saturated heterocycles. The van der Waals surface area contributed by atoms with Crippen LogP contribution in [0.25, 0.3) is 0 Å². The SMILES string of the molecule is CCCCSCC(=O)NCCCc1ncc[nH]1. The van der Waals surface area contributed by atoms with Crippen LogP contribution >= 0.6 is 11.8 Å². The third kappa shape index (κ3) is 7.05. The molecule has 5 heteroatoms. The number of aromatic nitrogens is 2. The Morgan fingerprint density at radius 3 is 3.12 bits per heavy atom. The van der Waals surface area contributed by atoms with Crippen LogP contribution in [0, 0.1) is 0 Å². The quantitative estimate of drug-likeness (QED) is 0.663. The minimum Gasteiger partial charge on any atom is -0.355 e. The number of thioether (sulfide) groups is 1. The lowest BCUT2D eigenvalue weighted by atomic mass is 10.3. The maximum atomic E-state index is 11.4. The molecule has 0 spiro atoms. The van der Waals surface area contributed by atoms with Crippen molar-refractivity contribution >= 4 is 17.7 Å². The molecule has 1 rings (SSSR count). The summed E-state index contributed by atoms with van der Waals surface area (Å²) in [6.07, 6.45) is 7.76. The van der Waals surface area contributed by atoms with E-state index in [2.05, 4.69) is 22.2 Å². The van der Waals surface area contributed by atoms with Crippen LogP contribution in [0.2, 0.25) is 0 Å². The van der Waals surface area contributed by atoms with E-state index in [1.54, 1.807) is 18.0 Å². The number of nitrogens with zero attached hydrogens (tertiary/aromatic N) is 1. The summed E-state index contributed by atoms with van der Waals surface area (Å²) in [5.41, 5.74) is 0. The number of hydrogen-bond donors (Lipinski definition) is 2. The molecule has 0 atom stereocenters. The van der Waals surface area contributed by atoms with Gasteiger partial charge in [0.15, 0.2) is 0 Å². The van der Waals surface area contributed by atoms with Crippen LogP contribution in [-0.4, -0.2) is 33.9 Å². The molecule has 0 saturated carbocycles. The second-order valence-electron chi connectivity index (χ2n) is 3.90. The highest BCUT2D eigenvalue weighted by Gasteiger charge is 2.00. The normalized spacial score (nSPS) is 10.4. The largest absolute Gasteiger partial charge is 0.355 e. The zero-order valence-corrected chi connectivity index (χ0v) is 11.2. The number of H-pyrrole nitrogens is 1. The molecule has 0 bridgehead atoms. The summed E-state index contributed by atoms with van der Waals surface area (Å²) in [5, 5.41) is 2.92. The first kappa shape index (κ1) is 14.1. The smallest absolute Gasteiger partial charge is 0.229 e. The molecular formula is C12H21N3OS. The van der Waals surface area contributed by atoms with Crippen molar-refractivity contribution in [1.82, 2.24) is 15.3 Å². The van der Waals surface area contributed by atoms with Gasteiger partial charge in [-0.1, -0.05) is 13.3 Å². The number of imidazole rings is 1. The van der Waals surface area contributed by atoms with E-state index in [0.29, 0.717) is 5.75 Å². The van der Waals surface area contributed by atoms with E-state index in [4.69, 9.17) is 0 Å². The summed E-state index contributed by atoms with van der Waals surface area (Å²) in [6, 6.07) is 0. The Hall–Kier alpha value is -0.970. The third-order valence-corrected chi connectivity index (χ3v) is 3.39. The Kier molecular flexibility index (Phi) is 7.54. The van der Waals surface area contributed by atoms with Gasteiger partial charge in [0.1, 0.15) is 5.82 Å². The summed E-state index contributed by atoms with van der Waals surface area (Å²) in [6.45, 7) is 2.89. The van der Waals surface area contributed by atoms with Crippen molar-refractivity contribution in [2.75, 3.05) is 18.1 Å². The molecule has 0 aromatic carbocycles. The van der Waals surface area contributed by atoms with E-state index in [1.807, 2.05) is 6.20 Å². The average molecular weight is 255 g/mol. The highest BCUT2D eigenvalue weighted by molar-refractivity contribution is 7.99. The van der Waals surface area contributed by atoms with E-state index in [9.17, 15) is 4.79 Å². The Labute approximate surface area is 107 Å². The zero-order valence-electron chi connectivity index (χ0n) is 10.4. The molecule has 1 heterocycles. The van der Waals surface area contributed by atoms with E-state index >= 15 is 0 Å². The van der Waals surface area contributed by atoms with Gasteiger partial charge in [0.25, 0.3) is 0 Å². The standard InChI is InChI=1S/C12H21N3OS/c1-2-3-9-17-10-12(16)15-6-4-5-11-13-7-8-14-11/h7-8H,2-6,9-10H2,1H3,(H,13,14)(H,15,16). The third-order valence-electron chi connectivity index (χ3n) is 2.34. The Morgan fingerprint density at radius 2 is 2.41 bits per heavy atom. The molecule has 1 amide bonds. The van der Waals surface area contributed by atoms with Crippen LogP contribution in [0.1, 0.15) is 32.0 Å². The molecule has 4 nitrogen and oxygen atoms in total. The summed E-state index contributed by atoms with van der Waals surface area (Å²) in [5.74, 6) is 2.79. The molecule has 0 aliphatic carbocycles. The fraction of sp³-hybridized carbons (Fsp3) is 0.667. The molecule has 0 radical (unpaired) electrons. The lowest BCUT2D eigenvalue weighted by molar-refractivity contribution is -0.118. The van der Waals surface area contributed by atoms with Gasteiger partial charge in [0, 0.05) is 25.4 Å². The number of hydrogen-bond acceptors (Lipinski definition) is 3. The first-order valence-corrected chi connectivity index (χ1v) is 7.31. The summed E-state index contributed by atoms with van der Waals surface area (Å²) < 4.78 is 0. The zero-order chi connectivity index (χ0) is 12.3. The molecule has 2 N–H and O–H groups in total. The maximum absolute atomic E-state index is 11.4. The molecule has 0 aliphatic rings. The van der Waals surface area contributed by atoms with E-state index in [-0.39, 0.29) is 5.91 Å². The fourth-order valence-corrected chi connectivity index (χ4v) is 2.31. The highest BCUT2D eigenvalue weighted by atomic mass is 32.2. The van der Waals surface area contributed by atoms with Crippen molar-refractivity contribution < 1.29 is 4.79 Å². The lowest BCUT2D eigenvalue weighted by Crippen LogP contribution is -2.26. The molecule has 1 aromatic heterocycles. The molecule has 96 valence electrons. The van der Waals surface area contributed by atoms with Crippen molar-refractivity contribution in [2.45, 2.75) is 32.6 Å². The fourth-order valence-electron chi connectivity index (χ4n) is 1.38. The molecule has 0 aliphatic heterocycles. The van der Waals surface area contributed by atoms with Crippen molar-refractivity contribution in [3.63, 3.8) is 0 Å². The topological polar surface area (TPSA) is 57.8 Å².